The summed E-state index contributed by atoms with van der Waals surface area (Å²) in [6, 6.07) is 0. The van der Waals surface area contributed by atoms with Crippen molar-refractivity contribution in [2.45, 2.75) is 116 Å². The molecule has 1 aliphatic rings. The van der Waals surface area contributed by atoms with E-state index in [1.165, 1.54) is 64.2 Å². The molecule has 0 heterocycles. The van der Waals surface area contributed by atoms with Crippen LogP contribution in [0.15, 0.2) is 0 Å². The van der Waals surface area contributed by atoms with Crippen LogP contribution in [0, 0.1) is 5.92 Å². The summed E-state index contributed by atoms with van der Waals surface area (Å²) in [6.45, 7) is 4.45. The number of ether oxygens (including phenoxy) is 1. The average Bonchev–Trinajstić information content (AvgIpc) is 3.34. The summed E-state index contributed by atoms with van der Waals surface area (Å²) in [5.41, 5.74) is 0. The van der Waals surface area contributed by atoms with Gasteiger partial charge in [-0.2, -0.15) is 0 Å². The van der Waals surface area contributed by atoms with Crippen molar-refractivity contribution < 1.29 is 9.53 Å². The van der Waals surface area contributed by atoms with Crippen LogP contribution in [0.25, 0.3) is 0 Å². The van der Waals surface area contributed by atoms with Crippen molar-refractivity contribution in [2.24, 2.45) is 5.92 Å². The summed E-state index contributed by atoms with van der Waals surface area (Å²) >= 11 is 0. The topological polar surface area (TPSA) is 26.3 Å². The maximum absolute atomic E-state index is 11.8. The second kappa shape index (κ2) is 13.0. The van der Waals surface area contributed by atoms with Gasteiger partial charge in [-0.15, -0.1) is 0 Å². The first-order valence-corrected chi connectivity index (χ1v) is 9.98. The number of carbonyl (C=O) groups is 1. The van der Waals surface area contributed by atoms with Gasteiger partial charge in [-0.3, -0.25) is 4.79 Å². The molecule has 0 aromatic heterocycles. The molecule has 2 heteroatoms. The molecule has 22 heavy (non-hydrogen) atoms. The SMILES string of the molecule is CCCCCCCCCCCCC(CCC)OC(=O)C1CC1. The fourth-order valence-electron chi connectivity index (χ4n) is 3.02. The molecule has 1 unspecified atom stereocenters. The third kappa shape index (κ3) is 10.2. The quantitative estimate of drug-likeness (QED) is 0.258. The van der Waals surface area contributed by atoms with Gasteiger partial charge in [0.25, 0.3) is 0 Å². The molecule has 0 radical (unpaired) electrons. The lowest BCUT2D eigenvalue weighted by Gasteiger charge is -2.17. The van der Waals surface area contributed by atoms with Gasteiger partial charge in [0.05, 0.1) is 5.92 Å². The second-order valence-electron chi connectivity index (χ2n) is 7.09. The first-order chi connectivity index (χ1) is 10.8. The molecular formula is C20H38O2. The summed E-state index contributed by atoms with van der Waals surface area (Å²) in [7, 11) is 0. The zero-order chi connectivity index (χ0) is 16.0. The van der Waals surface area contributed by atoms with Crippen LogP contribution in [0.3, 0.4) is 0 Å². The van der Waals surface area contributed by atoms with Gasteiger partial charge in [-0.25, -0.2) is 0 Å². The number of hydrogen-bond acceptors (Lipinski definition) is 2. The van der Waals surface area contributed by atoms with Gasteiger partial charge in [0, 0.05) is 0 Å². The molecule has 0 aromatic carbocycles. The lowest BCUT2D eigenvalue weighted by atomic mass is 10.0. The summed E-state index contributed by atoms with van der Waals surface area (Å²) in [5, 5.41) is 0. The van der Waals surface area contributed by atoms with E-state index in [0.717, 1.165) is 32.1 Å². The smallest absolute Gasteiger partial charge is 0.309 e. The normalized spacial score (nSPS) is 15.7. The molecule has 0 aliphatic heterocycles. The highest BCUT2D eigenvalue weighted by Gasteiger charge is 2.32. The Bertz CT molecular complexity index is 271. The Hall–Kier alpha value is -0.530. The zero-order valence-corrected chi connectivity index (χ0v) is 15.1. The Morgan fingerprint density at radius 2 is 1.36 bits per heavy atom. The van der Waals surface area contributed by atoms with Crippen LogP contribution in [-0.4, -0.2) is 12.1 Å². The molecule has 1 saturated carbocycles. The fraction of sp³-hybridized carbons (Fsp3) is 0.950. The maximum atomic E-state index is 11.8. The maximum Gasteiger partial charge on any atom is 0.309 e. The lowest BCUT2D eigenvalue weighted by molar-refractivity contribution is -0.151. The highest BCUT2D eigenvalue weighted by Crippen LogP contribution is 2.31. The largest absolute Gasteiger partial charge is 0.462 e. The summed E-state index contributed by atoms with van der Waals surface area (Å²) in [6.07, 6.45) is 19.2. The Balaban J connectivity index is 1.92. The van der Waals surface area contributed by atoms with Crippen LogP contribution < -0.4 is 0 Å². The monoisotopic (exact) mass is 310 g/mol. The number of hydrogen-bond donors (Lipinski definition) is 0. The van der Waals surface area contributed by atoms with Gasteiger partial charge in [-0.05, 0) is 32.1 Å². The van der Waals surface area contributed by atoms with Crippen molar-refractivity contribution in [3.8, 4) is 0 Å². The molecule has 130 valence electrons. The number of unbranched alkanes of at least 4 members (excludes halogenated alkanes) is 9. The minimum atomic E-state index is 0.0746. The van der Waals surface area contributed by atoms with Crippen LogP contribution in [0.4, 0.5) is 0 Å². The molecule has 0 bridgehead atoms. The van der Waals surface area contributed by atoms with E-state index >= 15 is 0 Å². The van der Waals surface area contributed by atoms with Crippen LogP contribution in [0.2, 0.25) is 0 Å². The molecule has 1 fully saturated rings. The Morgan fingerprint density at radius 1 is 0.818 bits per heavy atom. The number of rotatable bonds is 15. The number of carbonyl (C=O) groups excluding carboxylic acids is 1. The first kappa shape index (κ1) is 19.5. The van der Waals surface area contributed by atoms with Crippen molar-refractivity contribution >= 4 is 5.97 Å². The molecule has 1 rings (SSSR count). The predicted molar refractivity (Wildman–Crippen MR) is 94.0 cm³/mol. The van der Waals surface area contributed by atoms with Gasteiger partial charge < -0.3 is 4.74 Å². The van der Waals surface area contributed by atoms with E-state index in [9.17, 15) is 4.79 Å². The molecule has 0 aromatic rings. The molecule has 0 spiro atoms. The molecule has 0 saturated heterocycles. The fourth-order valence-corrected chi connectivity index (χ4v) is 3.02. The van der Waals surface area contributed by atoms with Gasteiger partial charge in [0.15, 0.2) is 0 Å². The minimum absolute atomic E-state index is 0.0746. The van der Waals surface area contributed by atoms with Gasteiger partial charge in [0.2, 0.25) is 0 Å². The molecule has 0 amide bonds. The molecule has 1 aliphatic carbocycles. The Kier molecular flexibility index (Phi) is 11.5. The molecular weight excluding hydrogens is 272 g/mol. The van der Waals surface area contributed by atoms with Crippen LogP contribution in [0.5, 0.6) is 0 Å². The lowest BCUT2D eigenvalue weighted by Crippen LogP contribution is -2.19. The first-order valence-electron chi connectivity index (χ1n) is 9.98. The second-order valence-corrected chi connectivity index (χ2v) is 7.09. The van der Waals surface area contributed by atoms with Crippen LogP contribution >= 0.6 is 0 Å². The van der Waals surface area contributed by atoms with E-state index in [-0.39, 0.29) is 18.0 Å². The van der Waals surface area contributed by atoms with Gasteiger partial charge in [-0.1, -0.05) is 78.1 Å². The third-order valence-corrected chi connectivity index (χ3v) is 4.68. The molecule has 1 atom stereocenters. The minimum Gasteiger partial charge on any atom is -0.462 e. The number of esters is 1. The predicted octanol–water partition coefficient (Wildman–Crippen LogP) is 6.42. The summed E-state index contributed by atoms with van der Waals surface area (Å²) in [5.74, 6) is 0.317. The highest BCUT2D eigenvalue weighted by atomic mass is 16.5. The van der Waals surface area contributed by atoms with Crippen LogP contribution in [0.1, 0.15) is 110 Å². The molecule has 0 N–H and O–H groups in total. The highest BCUT2D eigenvalue weighted by molar-refractivity contribution is 5.75. The third-order valence-electron chi connectivity index (χ3n) is 4.68. The van der Waals surface area contributed by atoms with Crippen LogP contribution in [-0.2, 0) is 9.53 Å². The zero-order valence-electron chi connectivity index (χ0n) is 15.1. The van der Waals surface area contributed by atoms with Gasteiger partial charge >= 0.3 is 5.97 Å². The summed E-state index contributed by atoms with van der Waals surface area (Å²) in [4.78, 5) is 11.8. The van der Waals surface area contributed by atoms with Crippen molar-refractivity contribution in [1.82, 2.24) is 0 Å². The Labute approximate surface area is 138 Å². The van der Waals surface area contributed by atoms with E-state index in [1.54, 1.807) is 0 Å². The van der Waals surface area contributed by atoms with Gasteiger partial charge in [0.1, 0.15) is 6.10 Å². The standard InChI is InChI=1S/C20H38O2/c1-3-5-6-7-8-9-10-11-12-13-15-19(14-4-2)22-20(21)18-16-17-18/h18-19H,3-17H2,1-2H3. The van der Waals surface area contributed by atoms with Crippen molar-refractivity contribution in [2.75, 3.05) is 0 Å². The average molecular weight is 311 g/mol. The van der Waals surface area contributed by atoms with Crippen molar-refractivity contribution in [3.05, 3.63) is 0 Å². The van der Waals surface area contributed by atoms with Crippen molar-refractivity contribution in [3.63, 3.8) is 0 Å². The van der Waals surface area contributed by atoms with E-state index in [1.807, 2.05) is 0 Å². The van der Waals surface area contributed by atoms with E-state index in [2.05, 4.69) is 13.8 Å². The van der Waals surface area contributed by atoms with Crippen molar-refractivity contribution in [1.29, 1.82) is 0 Å². The Morgan fingerprint density at radius 3 is 1.86 bits per heavy atom. The molecule has 2 nitrogen and oxygen atoms in total. The van der Waals surface area contributed by atoms with E-state index in [4.69, 9.17) is 4.74 Å². The van der Waals surface area contributed by atoms with E-state index in [0.29, 0.717) is 0 Å². The summed E-state index contributed by atoms with van der Waals surface area (Å²) < 4.78 is 5.66. The van der Waals surface area contributed by atoms with E-state index < -0.39 is 0 Å².